The van der Waals surface area contributed by atoms with Crippen LogP contribution >= 0.6 is 24.4 Å². The van der Waals surface area contributed by atoms with Gasteiger partial charge in [0.2, 0.25) is 29.5 Å². The van der Waals surface area contributed by atoms with E-state index in [1.165, 1.54) is 18.7 Å². The van der Waals surface area contributed by atoms with Crippen molar-refractivity contribution < 1.29 is 39.0 Å². The molecular formula is C28H53N7O8S2. The van der Waals surface area contributed by atoms with Gasteiger partial charge in [0.25, 0.3) is 0 Å². The number of thioether (sulfide) groups is 1. The van der Waals surface area contributed by atoms with Crippen LogP contribution < -0.4 is 38.1 Å². The van der Waals surface area contributed by atoms with Crippen molar-refractivity contribution in [3.63, 3.8) is 0 Å². The van der Waals surface area contributed by atoms with Crippen molar-refractivity contribution in [3.8, 4) is 0 Å². The zero-order chi connectivity index (χ0) is 34.9. The minimum absolute atomic E-state index is 0.149. The Labute approximate surface area is 275 Å². The molecule has 260 valence electrons. The zero-order valence-electron chi connectivity index (χ0n) is 27.0. The summed E-state index contributed by atoms with van der Waals surface area (Å²) >= 11 is 5.62. The number of hydrogen-bond acceptors (Lipinski definition) is 11. The third kappa shape index (κ3) is 15.5. The molecule has 11 N–H and O–H groups in total. The molecular weight excluding hydrogens is 626 g/mol. The third-order valence-corrected chi connectivity index (χ3v) is 7.95. The van der Waals surface area contributed by atoms with Gasteiger partial charge < -0.3 is 48.3 Å². The SMILES string of the molecule is CSCC[C@H](NC(=O)[C@@H](NC(=O)[C@@H](NC(=O)[C@H](CS)NC(=O)[C@H](CCCCN)NC(=O)[C@@H](N)[C@@H](C)O)C(C)C)C(C)C)C(=O)O. The number of aliphatic hydroxyl groups excluding tert-OH is 1. The van der Waals surface area contributed by atoms with Crippen molar-refractivity contribution in [1.82, 2.24) is 26.6 Å². The second-order valence-electron chi connectivity index (χ2n) is 11.5. The van der Waals surface area contributed by atoms with E-state index >= 15 is 0 Å². The summed E-state index contributed by atoms with van der Waals surface area (Å²) in [6.07, 6.45) is 2.12. The number of amides is 5. The summed E-state index contributed by atoms with van der Waals surface area (Å²) in [5.41, 5.74) is 11.2. The van der Waals surface area contributed by atoms with Crippen molar-refractivity contribution in [1.29, 1.82) is 0 Å². The predicted molar refractivity (Wildman–Crippen MR) is 176 cm³/mol. The van der Waals surface area contributed by atoms with Crippen molar-refractivity contribution in [3.05, 3.63) is 0 Å². The van der Waals surface area contributed by atoms with Gasteiger partial charge in [0.15, 0.2) is 0 Å². The first-order valence-corrected chi connectivity index (χ1v) is 17.0. The van der Waals surface area contributed by atoms with Gasteiger partial charge in [-0.3, -0.25) is 24.0 Å². The monoisotopic (exact) mass is 679 g/mol. The second-order valence-corrected chi connectivity index (χ2v) is 12.8. The van der Waals surface area contributed by atoms with E-state index in [0.29, 0.717) is 25.1 Å². The minimum atomic E-state index is -1.27. The van der Waals surface area contributed by atoms with Crippen LogP contribution in [0.1, 0.15) is 60.3 Å². The molecule has 15 nitrogen and oxygen atoms in total. The fourth-order valence-electron chi connectivity index (χ4n) is 4.04. The van der Waals surface area contributed by atoms with Crippen LogP contribution in [0.4, 0.5) is 0 Å². The molecule has 0 saturated carbocycles. The third-order valence-electron chi connectivity index (χ3n) is 6.94. The molecule has 0 unspecified atom stereocenters. The molecule has 0 aliphatic rings. The van der Waals surface area contributed by atoms with Gasteiger partial charge in [-0.05, 0) is 63.0 Å². The topological polar surface area (TPSA) is 255 Å². The summed E-state index contributed by atoms with van der Waals surface area (Å²) < 4.78 is 0. The van der Waals surface area contributed by atoms with Gasteiger partial charge in [0.1, 0.15) is 36.3 Å². The lowest BCUT2D eigenvalue weighted by Crippen LogP contribution is -2.61. The Hall–Kier alpha value is -2.60. The minimum Gasteiger partial charge on any atom is -0.480 e. The number of aliphatic carboxylic acids is 1. The molecule has 0 rings (SSSR count). The molecule has 0 spiro atoms. The first-order valence-electron chi connectivity index (χ1n) is 15.0. The highest BCUT2D eigenvalue weighted by Crippen LogP contribution is 2.10. The maximum Gasteiger partial charge on any atom is 0.326 e. The molecule has 0 aliphatic carbocycles. The summed E-state index contributed by atoms with van der Waals surface area (Å²) in [7, 11) is 0. The zero-order valence-corrected chi connectivity index (χ0v) is 28.7. The van der Waals surface area contributed by atoms with Crippen LogP contribution in [0.3, 0.4) is 0 Å². The van der Waals surface area contributed by atoms with E-state index in [1.807, 2.05) is 6.26 Å². The number of carboxylic acid groups (broad SMARTS) is 1. The van der Waals surface area contributed by atoms with E-state index in [2.05, 4.69) is 39.2 Å². The number of hydrogen-bond donors (Lipinski definition) is 10. The lowest BCUT2D eigenvalue weighted by Gasteiger charge is -2.29. The van der Waals surface area contributed by atoms with Crippen molar-refractivity contribution in [2.24, 2.45) is 23.3 Å². The van der Waals surface area contributed by atoms with E-state index in [1.54, 1.807) is 27.7 Å². The van der Waals surface area contributed by atoms with E-state index < -0.39 is 89.7 Å². The van der Waals surface area contributed by atoms with Gasteiger partial charge in [0, 0.05) is 5.75 Å². The first kappa shape index (κ1) is 42.4. The predicted octanol–water partition coefficient (Wildman–Crippen LogP) is -1.67. The fourth-order valence-corrected chi connectivity index (χ4v) is 4.76. The molecule has 0 aromatic heterocycles. The van der Waals surface area contributed by atoms with Crippen LogP contribution in [0.15, 0.2) is 0 Å². The molecule has 0 heterocycles. The number of rotatable bonds is 22. The van der Waals surface area contributed by atoms with Crippen LogP contribution in [-0.2, 0) is 28.8 Å². The molecule has 45 heavy (non-hydrogen) atoms. The molecule has 5 amide bonds. The van der Waals surface area contributed by atoms with Gasteiger partial charge in [0.05, 0.1) is 6.10 Å². The number of aliphatic hydroxyl groups is 1. The van der Waals surface area contributed by atoms with Crippen LogP contribution in [0.25, 0.3) is 0 Å². The van der Waals surface area contributed by atoms with Gasteiger partial charge in [-0.1, -0.05) is 27.7 Å². The Bertz CT molecular complexity index is 987. The maximum absolute atomic E-state index is 13.3. The summed E-state index contributed by atoms with van der Waals surface area (Å²) in [6, 6.07) is -6.89. The van der Waals surface area contributed by atoms with E-state index in [9.17, 15) is 39.0 Å². The quantitative estimate of drug-likeness (QED) is 0.0457. The van der Waals surface area contributed by atoms with Crippen LogP contribution in [0.2, 0.25) is 0 Å². The van der Waals surface area contributed by atoms with Crippen molar-refractivity contribution in [2.45, 2.75) is 103 Å². The van der Waals surface area contributed by atoms with Gasteiger partial charge in [-0.15, -0.1) is 0 Å². The van der Waals surface area contributed by atoms with Crippen LogP contribution in [0, 0.1) is 11.8 Å². The largest absolute Gasteiger partial charge is 0.480 e. The Balaban J connectivity index is 5.72. The average Bonchev–Trinajstić information content (AvgIpc) is 2.97. The van der Waals surface area contributed by atoms with Gasteiger partial charge in [-0.25, -0.2) is 4.79 Å². The summed E-state index contributed by atoms with van der Waals surface area (Å²) in [6.45, 7) is 8.45. The summed E-state index contributed by atoms with van der Waals surface area (Å²) in [4.78, 5) is 76.8. The molecule has 0 saturated heterocycles. The molecule has 7 atom stereocenters. The number of carbonyl (C=O) groups excluding carboxylic acids is 5. The van der Waals surface area contributed by atoms with E-state index in [-0.39, 0.29) is 18.6 Å². The lowest BCUT2D eigenvalue weighted by molar-refractivity contribution is -0.142. The molecule has 0 bridgehead atoms. The number of thiol groups is 1. The molecule has 0 aromatic rings. The number of nitrogens with one attached hydrogen (secondary N) is 5. The first-order chi connectivity index (χ1) is 21.0. The fraction of sp³-hybridized carbons (Fsp3) is 0.786. The highest BCUT2D eigenvalue weighted by molar-refractivity contribution is 7.98. The Morgan fingerprint density at radius 1 is 0.711 bits per heavy atom. The molecule has 17 heteroatoms. The Kier molecular flexibility index (Phi) is 20.7. The van der Waals surface area contributed by atoms with E-state index in [4.69, 9.17) is 11.5 Å². The maximum atomic E-state index is 13.3. The highest BCUT2D eigenvalue weighted by atomic mass is 32.2. The average molecular weight is 680 g/mol. The summed E-state index contributed by atoms with van der Waals surface area (Å²) in [5.74, 6) is -5.19. The molecule has 0 fully saturated rings. The second kappa shape index (κ2) is 22.0. The van der Waals surface area contributed by atoms with Crippen molar-refractivity contribution in [2.75, 3.05) is 24.3 Å². The van der Waals surface area contributed by atoms with Gasteiger partial charge in [-0.2, -0.15) is 24.4 Å². The molecule has 0 aromatic carbocycles. The normalized spacial score (nSPS) is 16.0. The lowest BCUT2D eigenvalue weighted by atomic mass is 9.99. The highest BCUT2D eigenvalue weighted by Gasteiger charge is 2.34. The van der Waals surface area contributed by atoms with Crippen LogP contribution in [-0.4, -0.2) is 112 Å². The number of nitrogens with two attached hydrogens (primary N) is 2. The Morgan fingerprint density at radius 2 is 1.18 bits per heavy atom. The molecule has 0 aliphatic heterocycles. The van der Waals surface area contributed by atoms with E-state index in [0.717, 1.165) is 0 Å². The smallest absolute Gasteiger partial charge is 0.326 e. The summed E-state index contributed by atoms with van der Waals surface area (Å²) in [5, 5.41) is 31.9. The van der Waals surface area contributed by atoms with Crippen LogP contribution in [0.5, 0.6) is 0 Å². The molecule has 0 radical (unpaired) electrons. The number of unbranched alkanes of at least 4 members (excludes halogenated alkanes) is 1. The number of carboxylic acids is 1. The number of carbonyl (C=O) groups is 6. The standard InChI is InChI=1S/C28H53N7O8S2/c1-14(2)21(26(40)32-18(28(42)43)10-12-45-6)35-27(41)22(15(3)4)34-24(38)19(13-44)33-23(37)17(9-7-8-11-29)31-25(39)20(30)16(5)36/h14-22,36,44H,7-13,29-30H2,1-6H3,(H,31,39)(H,32,40)(H,33,37)(H,34,38)(H,35,41)(H,42,43)/t16-,17+,18+,19+,20+,21+,22+/m1/s1. The van der Waals surface area contributed by atoms with Gasteiger partial charge >= 0.3 is 5.97 Å². The van der Waals surface area contributed by atoms with Crippen molar-refractivity contribution >= 4 is 59.9 Å². The Morgan fingerprint density at radius 3 is 1.62 bits per heavy atom.